The van der Waals surface area contributed by atoms with Gasteiger partial charge in [-0.25, -0.2) is 9.97 Å². The van der Waals surface area contributed by atoms with Gasteiger partial charge in [-0.2, -0.15) is 5.10 Å². The van der Waals surface area contributed by atoms with E-state index in [1.54, 1.807) is 17.5 Å². The van der Waals surface area contributed by atoms with Crippen LogP contribution in [0.4, 0.5) is 5.95 Å². The Kier molecular flexibility index (Phi) is 5.20. The second kappa shape index (κ2) is 8.09. The molecule has 0 fully saturated rings. The summed E-state index contributed by atoms with van der Waals surface area (Å²) < 4.78 is 1.96. The van der Waals surface area contributed by atoms with E-state index < -0.39 is 0 Å². The Hall–Kier alpha value is -3.06. The highest BCUT2D eigenvalue weighted by Gasteiger charge is 2.13. The predicted molar refractivity (Wildman–Crippen MR) is 109 cm³/mol. The lowest BCUT2D eigenvalue weighted by molar-refractivity contribution is 0.587. The van der Waals surface area contributed by atoms with Crippen LogP contribution in [0.1, 0.15) is 12.1 Å². The van der Waals surface area contributed by atoms with Crippen LogP contribution in [-0.2, 0) is 6.54 Å². The van der Waals surface area contributed by atoms with E-state index in [1.165, 1.54) is 0 Å². The number of hydrogen-bond acceptors (Lipinski definition) is 6. The van der Waals surface area contributed by atoms with Crippen molar-refractivity contribution in [1.29, 1.82) is 0 Å². The molecule has 0 saturated heterocycles. The molecule has 0 aliphatic rings. The molecule has 1 N–H and O–H groups in total. The average molecular weight is 376 g/mol. The lowest BCUT2D eigenvalue weighted by atomic mass is 10.1. The first-order valence-corrected chi connectivity index (χ1v) is 9.74. The smallest absolute Gasteiger partial charge is 0.223 e. The minimum atomic E-state index is 0.634. The molecule has 0 spiro atoms. The zero-order chi connectivity index (χ0) is 18.5. The van der Waals surface area contributed by atoms with E-state index in [-0.39, 0.29) is 0 Å². The van der Waals surface area contributed by atoms with Crippen molar-refractivity contribution in [2.24, 2.45) is 0 Å². The van der Waals surface area contributed by atoms with Crippen LogP contribution in [-0.4, -0.2) is 31.3 Å². The van der Waals surface area contributed by atoms with Crippen LogP contribution in [0.25, 0.3) is 21.8 Å². The first-order valence-electron chi connectivity index (χ1n) is 8.86. The van der Waals surface area contributed by atoms with Gasteiger partial charge >= 0.3 is 0 Å². The molecule has 136 valence electrons. The Morgan fingerprint density at radius 2 is 2.07 bits per heavy atom. The third kappa shape index (κ3) is 4.20. The predicted octanol–water partition coefficient (Wildman–Crippen LogP) is 4.27. The quantitative estimate of drug-likeness (QED) is 0.488. The molecule has 0 aromatic carbocycles. The molecule has 4 aromatic heterocycles. The molecule has 0 bridgehead atoms. The maximum atomic E-state index is 4.77. The Labute approximate surface area is 162 Å². The van der Waals surface area contributed by atoms with E-state index in [9.17, 15) is 0 Å². The van der Waals surface area contributed by atoms with Crippen molar-refractivity contribution >= 4 is 17.3 Å². The van der Waals surface area contributed by atoms with Crippen LogP contribution in [0.3, 0.4) is 0 Å². The van der Waals surface area contributed by atoms with Crippen LogP contribution in [0.2, 0.25) is 0 Å². The first kappa shape index (κ1) is 17.4. The Morgan fingerprint density at radius 3 is 2.81 bits per heavy atom. The number of nitrogens with one attached hydrogen (secondary N) is 1. The number of aromatic nitrogens is 5. The number of nitrogens with zero attached hydrogens (tertiary/aromatic N) is 5. The second-order valence-electron chi connectivity index (χ2n) is 6.15. The van der Waals surface area contributed by atoms with Crippen LogP contribution in [0.5, 0.6) is 0 Å². The van der Waals surface area contributed by atoms with E-state index >= 15 is 0 Å². The molecule has 0 aliphatic heterocycles. The van der Waals surface area contributed by atoms with Gasteiger partial charge in [-0.3, -0.25) is 9.67 Å². The van der Waals surface area contributed by atoms with E-state index in [0.29, 0.717) is 5.95 Å². The highest BCUT2D eigenvalue weighted by Crippen LogP contribution is 2.32. The number of rotatable bonds is 7. The minimum absolute atomic E-state index is 0.634. The van der Waals surface area contributed by atoms with Crippen LogP contribution < -0.4 is 5.32 Å². The van der Waals surface area contributed by atoms with Gasteiger partial charge in [0.15, 0.2) is 0 Å². The zero-order valence-corrected chi connectivity index (χ0v) is 15.9. The molecule has 0 atom stereocenters. The highest BCUT2D eigenvalue weighted by atomic mass is 32.1. The van der Waals surface area contributed by atoms with E-state index in [2.05, 4.69) is 31.8 Å². The first-order chi connectivity index (χ1) is 13.3. The molecule has 4 heterocycles. The fourth-order valence-electron chi connectivity index (χ4n) is 2.81. The topological polar surface area (TPSA) is 68.5 Å². The molecular formula is C20H20N6S. The van der Waals surface area contributed by atoms with Gasteiger partial charge in [0, 0.05) is 37.2 Å². The zero-order valence-electron chi connectivity index (χ0n) is 15.0. The van der Waals surface area contributed by atoms with Crippen molar-refractivity contribution in [3.05, 3.63) is 66.1 Å². The van der Waals surface area contributed by atoms with Gasteiger partial charge in [-0.15, -0.1) is 11.3 Å². The summed E-state index contributed by atoms with van der Waals surface area (Å²) in [6, 6.07) is 12.0. The fraction of sp³-hybridized carbons (Fsp3) is 0.200. The summed E-state index contributed by atoms with van der Waals surface area (Å²) in [7, 11) is 0. The largest absolute Gasteiger partial charge is 0.354 e. The normalized spacial score (nSPS) is 10.9. The average Bonchev–Trinajstić information content (AvgIpc) is 3.38. The molecule has 0 radical (unpaired) electrons. The third-order valence-electron chi connectivity index (χ3n) is 4.11. The summed E-state index contributed by atoms with van der Waals surface area (Å²) in [6.07, 6.45) is 6.59. The number of aryl methyl sites for hydroxylation is 2. The van der Waals surface area contributed by atoms with Gasteiger partial charge in [0.05, 0.1) is 22.0 Å². The van der Waals surface area contributed by atoms with Crippen molar-refractivity contribution in [2.75, 3.05) is 11.9 Å². The van der Waals surface area contributed by atoms with Gasteiger partial charge in [0.1, 0.15) is 0 Å². The number of hydrogen-bond donors (Lipinski definition) is 1. The van der Waals surface area contributed by atoms with Gasteiger partial charge < -0.3 is 5.32 Å². The van der Waals surface area contributed by atoms with Crippen molar-refractivity contribution in [1.82, 2.24) is 24.7 Å². The van der Waals surface area contributed by atoms with Crippen molar-refractivity contribution in [3.63, 3.8) is 0 Å². The Bertz CT molecular complexity index is 995. The standard InChI is InChI=1S/C20H20N6S/c1-15-8-12-26(25-15)11-5-10-22-20-23-14-16(17-6-2-3-9-21-17)19(24-20)18-7-4-13-27-18/h2-4,6-9,12-14H,5,10-11H2,1H3,(H,22,23,24). The molecule has 0 saturated carbocycles. The summed E-state index contributed by atoms with van der Waals surface area (Å²) in [6.45, 7) is 3.65. The Balaban J connectivity index is 1.50. The van der Waals surface area contributed by atoms with E-state index in [4.69, 9.17) is 4.98 Å². The molecule has 0 aliphatic carbocycles. The van der Waals surface area contributed by atoms with E-state index in [1.807, 2.05) is 54.3 Å². The van der Waals surface area contributed by atoms with E-state index in [0.717, 1.165) is 47.0 Å². The van der Waals surface area contributed by atoms with Gasteiger partial charge in [-0.05, 0) is 43.0 Å². The van der Waals surface area contributed by atoms with Gasteiger partial charge in [0.2, 0.25) is 5.95 Å². The number of thiophene rings is 1. The van der Waals surface area contributed by atoms with Gasteiger partial charge in [-0.1, -0.05) is 12.1 Å². The SMILES string of the molecule is Cc1ccn(CCCNc2ncc(-c3ccccn3)c(-c3cccs3)n2)n1. The molecule has 0 amide bonds. The maximum absolute atomic E-state index is 4.77. The third-order valence-corrected chi connectivity index (χ3v) is 4.98. The molecular weight excluding hydrogens is 356 g/mol. The summed E-state index contributed by atoms with van der Waals surface area (Å²) >= 11 is 1.66. The monoisotopic (exact) mass is 376 g/mol. The fourth-order valence-corrected chi connectivity index (χ4v) is 3.53. The summed E-state index contributed by atoms with van der Waals surface area (Å²) in [4.78, 5) is 14.8. The second-order valence-corrected chi connectivity index (χ2v) is 7.10. The van der Waals surface area contributed by atoms with Crippen molar-refractivity contribution < 1.29 is 0 Å². The summed E-state index contributed by atoms with van der Waals surface area (Å²) in [5, 5.41) is 9.78. The number of anilines is 1. The lowest BCUT2D eigenvalue weighted by Crippen LogP contribution is -2.10. The molecule has 0 unspecified atom stereocenters. The van der Waals surface area contributed by atoms with Crippen LogP contribution in [0, 0.1) is 6.92 Å². The molecule has 7 heteroatoms. The van der Waals surface area contributed by atoms with Crippen LogP contribution >= 0.6 is 11.3 Å². The van der Waals surface area contributed by atoms with Crippen LogP contribution in [0.15, 0.2) is 60.4 Å². The Morgan fingerprint density at radius 1 is 1.11 bits per heavy atom. The lowest BCUT2D eigenvalue weighted by Gasteiger charge is -2.10. The van der Waals surface area contributed by atoms with Gasteiger partial charge in [0.25, 0.3) is 0 Å². The summed E-state index contributed by atoms with van der Waals surface area (Å²) in [5.41, 5.74) is 3.76. The molecule has 4 rings (SSSR count). The highest BCUT2D eigenvalue weighted by molar-refractivity contribution is 7.13. The minimum Gasteiger partial charge on any atom is -0.354 e. The molecule has 6 nitrogen and oxygen atoms in total. The number of pyridine rings is 1. The van der Waals surface area contributed by atoms with Crippen molar-refractivity contribution in [3.8, 4) is 21.8 Å². The molecule has 27 heavy (non-hydrogen) atoms. The van der Waals surface area contributed by atoms with Crippen molar-refractivity contribution in [2.45, 2.75) is 19.9 Å². The maximum Gasteiger partial charge on any atom is 0.223 e. The molecule has 4 aromatic rings. The summed E-state index contributed by atoms with van der Waals surface area (Å²) in [5.74, 6) is 0.634.